The molecule has 1 aromatic carbocycles. The van der Waals surface area contributed by atoms with Gasteiger partial charge in [0.1, 0.15) is 5.52 Å². The van der Waals surface area contributed by atoms with Gasteiger partial charge in [0.2, 0.25) is 0 Å². The molecule has 0 radical (unpaired) electrons. The van der Waals surface area contributed by atoms with E-state index in [9.17, 15) is 4.79 Å². The summed E-state index contributed by atoms with van der Waals surface area (Å²) in [5.74, 6) is 0.00459. The summed E-state index contributed by atoms with van der Waals surface area (Å²) in [6, 6.07) is 11.5. The van der Waals surface area contributed by atoms with Crippen LogP contribution in [0.4, 0.5) is 0 Å². The minimum atomic E-state index is -0.197. The molecule has 0 unspecified atom stereocenters. The molecule has 0 fully saturated rings. The number of carbonyl (C=O) groups excluding carboxylic acids is 1. The largest absolute Gasteiger partial charge is 0.431 e. The lowest BCUT2D eigenvalue weighted by molar-refractivity contribution is -0.118. The molecular weight excluding hydrogens is 318 g/mol. The number of rotatable bonds is 5. The third-order valence-corrected chi connectivity index (χ3v) is 4.51. The number of fused-ring (bicyclic) bond motifs is 1. The molecule has 0 aliphatic heterocycles. The lowest BCUT2D eigenvalue weighted by atomic mass is 10.3. The Labute approximate surface area is 135 Å². The van der Waals surface area contributed by atoms with Crippen LogP contribution in [0.5, 0.6) is 0 Å². The second-order valence-corrected chi connectivity index (χ2v) is 6.72. The maximum absolute atomic E-state index is 11.7. The smallest absolute Gasteiger partial charge is 0.257 e. The SMILES string of the molecule is Cc1ccc(/C=N\NC(=O)CSc2nc3ccccc3o2)s1. The molecule has 1 N–H and O–H groups in total. The van der Waals surface area contributed by atoms with Crippen LogP contribution in [0.3, 0.4) is 0 Å². The van der Waals surface area contributed by atoms with Crippen molar-refractivity contribution in [2.75, 3.05) is 5.75 Å². The maximum Gasteiger partial charge on any atom is 0.257 e. The third kappa shape index (κ3) is 3.75. The fraction of sp³-hybridized carbons (Fsp3) is 0.133. The van der Waals surface area contributed by atoms with E-state index in [1.54, 1.807) is 17.6 Å². The van der Waals surface area contributed by atoms with Crippen LogP contribution in [-0.2, 0) is 4.79 Å². The molecule has 1 amide bonds. The van der Waals surface area contributed by atoms with Crippen molar-refractivity contribution in [1.29, 1.82) is 0 Å². The molecule has 0 atom stereocenters. The Kier molecular flexibility index (Phi) is 4.55. The zero-order valence-electron chi connectivity index (χ0n) is 11.8. The van der Waals surface area contributed by atoms with Gasteiger partial charge in [-0.2, -0.15) is 5.10 Å². The Morgan fingerprint density at radius 3 is 3.05 bits per heavy atom. The number of oxazole rings is 1. The first-order valence-corrected chi connectivity index (χ1v) is 8.37. The molecular formula is C15H13N3O2S2. The number of hydrogen-bond acceptors (Lipinski definition) is 6. The number of nitrogens with one attached hydrogen (secondary N) is 1. The first kappa shape index (κ1) is 14.8. The number of thioether (sulfide) groups is 1. The van der Waals surface area contributed by atoms with Gasteiger partial charge < -0.3 is 4.42 Å². The van der Waals surface area contributed by atoms with E-state index >= 15 is 0 Å². The number of nitrogens with zero attached hydrogens (tertiary/aromatic N) is 2. The monoisotopic (exact) mass is 331 g/mol. The van der Waals surface area contributed by atoms with Crippen LogP contribution >= 0.6 is 23.1 Å². The number of para-hydroxylation sites is 2. The second kappa shape index (κ2) is 6.76. The van der Waals surface area contributed by atoms with E-state index in [0.717, 1.165) is 16.0 Å². The predicted molar refractivity (Wildman–Crippen MR) is 89.5 cm³/mol. The quantitative estimate of drug-likeness (QED) is 0.442. The Morgan fingerprint density at radius 2 is 2.27 bits per heavy atom. The van der Waals surface area contributed by atoms with Crippen molar-refractivity contribution in [3.8, 4) is 0 Å². The van der Waals surface area contributed by atoms with Crippen LogP contribution < -0.4 is 5.43 Å². The summed E-state index contributed by atoms with van der Waals surface area (Å²) in [4.78, 5) is 18.2. The van der Waals surface area contributed by atoms with Crippen LogP contribution in [0.25, 0.3) is 11.1 Å². The summed E-state index contributed by atoms with van der Waals surface area (Å²) in [6.45, 7) is 2.03. The number of hydrazone groups is 1. The molecule has 22 heavy (non-hydrogen) atoms. The van der Waals surface area contributed by atoms with Crippen LogP contribution in [-0.4, -0.2) is 22.9 Å². The molecule has 0 spiro atoms. The van der Waals surface area contributed by atoms with E-state index in [2.05, 4.69) is 15.5 Å². The van der Waals surface area contributed by atoms with E-state index in [1.165, 1.54) is 16.6 Å². The first-order valence-electron chi connectivity index (χ1n) is 6.57. The summed E-state index contributed by atoms with van der Waals surface area (Å²) in [6.07, 6.45) is 1.64. The van der Waals surface area contributed by atoms with Crippen LogP contribution in [0.1, 0.15) is 9.75 Å². The number of aryl methyl sites for hydroxylation is 1. The van der Waals surface area contributed by atoms with Crippen LogP contribution in [0.2, 0.25) is 0 Å². The summed E-state index contributed by atoms with van der Waals surface area (Å²) in [5, 5.41) is 4.41. The number of benzene rings is 1. The summed E-state index contributed by atoms with van der Waals surface area (Å²) in [5.41, 5.74) is 4.00. The standard InChI is InChI=1S/C15H13N3O2S2/c1-10-6-7-11(22-10)8-16-18-14(19)9-21-15-17-12-4-2-3-5-13(12)20-15/h2-8H,9H2,1H3,(H,18,19)/b16-8-. The van der Waals surface area contributed by atoms with Crippen molar-refractivity contribution in [3.63, 3.8) is 0 Å². The van der Waals surface area contributed by atoms with Crippen molar-refractivity contribution >= 4 is 46.3 Å². The van der Waals surface area contributed by atoms with Gasteiger partial charge in [-0.15, -0.1) is 11.3 Å². The Bertz CT molecular complexity index is 790. The maximum atomic E-state index is 11.7. The zero-order chi connectivity index (χ0) is 15.4. The predicted octanol–water partition coefficient (Wildman–Crippen LogP) is 3.44. The van der Waals surface area contributed by atoms with E-state index in [-0.39, 0.29) is 11.7 Å². The molecule has 7 heteroatoms. The summed E-state index contributed by atoms with van der Waals surface area (Å²) in [7, 11) is 0. The van der Waals surface area contributed by atoms with E-state index in [4.69, 9.17) is 4.42 Å². The zero-order valence-corrected chi connectivity index (χ0v) is 13.4. The number of hydrogen-bond donors (Lipinski definition) is 1. The molecule has 112 valence electrons. The highest BCUT2D eigenvalue weighted by molar-refractivity contribution is 7.99. The van der Waals surface area contributed by atoms with Gasteiger partial charge in [-0.25, -0.2) is 10.4 Å². The van der Waals surface area contributed by atoms with E-state index in [0.29, 0.717) is 5.22 Å². The molecule has 3 rings (SSSR count). The van der Waals surface area contributed by atoms with Gasteiger partial charge in [0.05, 0.1) is 12.0 Å². The number of thiophene rings is 1. The Hall–Kier alpha value is -2.12. The van der Waals surface area contributed by atoms with Crippen molar-refractivity contribution < 1.29 is 9.21 Å². The van der Waals surface area contributed by atoms with Gasteiger partial charge in [-0.3, -0.25) is 4.79 Å². The highest BCUT2D eigenvalue weighted by Crippen LogP contribution is 2.22. The molecule has 2 heterocycles. The lowest BCUT2D eigenvalue weighted by Crippen LogP contribution is -2.19. The minimum Gasteiger partial charge on any atom is -0.431 e. The van der Waals surface area contributed by atoms with Crippen molar-refractivity contribution in [2.45, 2.75) is 12.1 Å². The number of amides is 1. The van der Waals surface area contributed by atoms with Gasteiger partial charge in [0.25, 0.3) is 11.1 Å². The molecule has 0 aliphatic carbocycles. The van der Waals surface area contributed by atoms with Gasteiger partial charge in [-0.1, -0.05) is 23.9 Å². The van der Waals surface area contributed by atoms with Gasteiger partial charge in [0, 0.05) is 9.75 Å². The van der Waals surface area contributed by atoms with Crippen molar-refractivity contribution in [3.05, 3.63) is 46.2 Å². The number of carbonyl (C=O) groups is 1. The van der Waals surface area contributed by atoms with Crippen molar-refractivity contribution in [2.24, 2.45) is 5.10 Å². The fourth-order valence-corrected chi connectivity index (χ4v) is 3.14. The van der Waals surface area contributed by atoms with Gasteiger partial charge in [-0.05, 0) is 31.2 Å². The molecule has 0 bridgehead atoms. The van der Waals surface area contributed by atoms with Crippen LogP contribution in [0, 0.1) is 6.92 Å². The van der Waals surface area contributed by atoms with E-state index in [1.807, 2.05) is 43.3 Å². The summed E-state index contributed by atoms with van der Waals surface area (Å²) >= 11 is 2.86. The van der Waals surface area contributed by atoms with Crippen molar-refractivity contribution in [1.82, 2.24) is 10.4 Å². The molecule has 2 aromatic heterocycles. The first-order chi connectivity index (χ1) is 10.7. The molecule has 0 saturated heterocycles. The average Bonchev–Trinajstić information content (AvgIpc) is 3.11. The molecule has 3 aromatic rings. The second-order valence-electron chi connectivity index (χ2n) is 4.48. The molecule has 0 aliphatic rings. The van der Waals surface area contributed by atoms with Gasteiger partial charge in [0.15, 0.2) is 5.58 Å². The fourth-order valence-electron chi connectivity index (χ4n) is 1.76. The lowest BCUT2D eigenvalue weighted by Gasteiger charge is -1.96. The Balaban J connectivity index is 1.50. The van der Waals surface area contributed by atoms with E-state index < -0.39 is 0 Å². The average molecular weight is 331 g/mol. The van der Waals surface area contributed by atoms with Crippen LogP contribution in [0.15, 0.2) is 51.1 Å². The topological polar surface area (TPSA) is 67.5 Å². The highest BCUT2D eigenvalue weighted by atomic mass is 32.2. The van der Waals surface area contributed by atoms with Gasteiger partial charge >= 0.3 is 0 Å². The third-order valence-electron chi connectivity index (χ3n) is 2.74. The number of aromatic nitrogens is 1. The summed E-state index contributed by atoms with van der Waals surface area (Å²) < 4.78 is 5.53. The minimum absolute atomic E-state index is 0.197. The molecule has 5 nitrogen and oxygen atoms in total. The molecule has 0 saturated carbocycles. The Morgan fingerprint density at radius 1 is 1.41 bits per heavy atom. The normalized spacial score (nSPS) is 11.3. The highest BCUT2D eigenvalue weighted by Gasteiger charge is 2.08.